The molecule has 6 nitrogen and oxygen atoms in total. The minimum absolute atomic E-state index is 0.193. The first kappa shape index (κ1) is 20.0. The maximum absolute atomic E-state index is 14.0. The molecule has 0 aliphatic heterocycles. The number of rotatable bonds is 6. The third-order valence-electron chi connectivity index (χ3n) is 3.44. The van der Waals surface area contributed by atoms with Crippen LogP contribution >= 0.6 is 11.6 Å². The molecule has 0 unspecified atom stereocenters. The van der Waals surface area contributed by atoms with Gasteiger partial charge < -0.3 is 9.72 Å². The number of aromatic nitrogens is 2. The second-order valence-corrected chi connectivity index (χ2v) is 7.41. The van der Waals surface area contributed by atoms with Crippen molar-refractivity contribution in [2.45, 2.75) is 11.5 Å². The Morgan fingerprint density at radius 2 is 1.89 bits per heavy atom. The molecule has 0 aliphatic carbocycles. The van der Waals surface area contributed by atoms with E-state index in [-0.39, 0.29) is 10.0 Å². The number of ether oxygens (including phenoxy) is 1. The number of alkyl halides is 2. The molecular weight excluding hydrogens is 426 g/mol. The number of halogens is 5. The molecule has 0 fully saturated rings. The Bertz CT molecular complexity index is 1120. The number of nitrogens with zero attached hydrogens (tertiary/aromatic N) is 1. The number of benzene rings is 1. The summed E-state index contributed by atoms with van der Waals surface area (Å²) in [6.45, 7) is -3.37. The molecule has 1 aromatic carbocycles. The van der Waals surface area contributed by atoms with Gasteiger partial charge >= 0.3 is 6.61 Å². The maximum Gasteiger partial charge on any atom is 0.387 e. The summed E-state index contributed by atoms with van der Waals surface area (Å²) < 4.78 is 82.5. The van der Waals surface area contributed by atoms with Crippen molar-refractivity contribution in [1.82, 2.24) is 9.97 Å². The summed E-state index contributed by atoms with van der Waals surface area (Å²) in [6.07, 6.45) is 1.11. The largest absolute Gasteiger partial charge is 0.432 e. The van der Waals surface area contributed by atoms with Gasteiger partial charge in [0, 0.05) is 18.3 Å². The van der Waals surface area contributed by atoms with Crippen molar-refractivity contribution < 1.29 is 30.7 Å². The lowest BCUT2D eigenvalue weighted by Gasteiger charge is -2.11. The maximum atomic E-state index is 14.0. The Balaban J connectivity index is 1.88. The first-order valence-electron chi connectivity index (χ1n) is 7.44. The van der Waals surface area contributed by atoms with Crippen molar-refractivity contribution in [2.24, 2.45) is 0 Å². The molecule has 2 N–H and O–H groups in total. The summed E-state index contributed by atoms with van der Waals surface area (Å²) in [5.74, 6) is -3.71. The average Bonchev–Trinajstić information content (AvgIpc) is 3.10. The molecule has 0 bridgehead atoms. The number of H-pyrrole nitrogens is 1. The van der Waals surface area contributed by atoms with Crippen LogP contribution in [0.3, 0.4) is 0 Å². The van der Waals surface area contributed by atoms with E-state index in [4.69, 9.17) is 11.6 Å². The predicted octanol–water partition coefficient (Wildman–Crippen LogP) is 4.41. The molecule has 148 valence electrons. The first-order chi connectivity index (χ1) is 13.2. The molecule has 0 radical (unpaired) electrons. The van der Waals surface area contributed by atoms with Crippen LogP contribution in [0.5, 0.6) is 5.75 Å². The van der Waals surface area contributed by atoms with E-state index in [0.717, 1.165) is 6.20 Å². The van der Waals surface area contributed by atoms with Crippen molar-refractivity contribution in [3.05, 3.63) is 59.4 Å². The van der Waals surface area contributed by atoms with Crippen molar-refractivity contribution in [3.63, 3.8) is 0 Å². The summed E-state index contributed by atoms with van der Waals surface area (Å²) >= 11 is 5.79. The van der Waals surface area contributed by atoms with Crippen LogP contribution in [0.4, 0.5) is 23.2 Å². The SMILES string of the molecule is O=S(=O)(Nc1cc(F)c(OC(F)F)cc1F)c1c[nH]c(-c2cccc(Cl)n2)c1. The van der Waals surface area contributed by atoms with Crippen molar-refractivity contribution >= 4 is 27.3 Å². The monoisotopic (exact) mass is 435 g/mol. The minimum Gasteiger partial charge on any atom is -0.432 e. The molecule has 0 saturated carbocycles. The molecule has 3 aromatic rings. The van der Waals surface area contributed by atoms with Crippen LogP contribution in [-0.2, 0) is 10.0 Å². The van der Waals surface area contributed by atoms with Crippen LogP contribution in [0.15, 0.2) is 47.5 Å². The lowest BCUT2D eigenvalue weighted by atomic mass is 10.3. The topological polar surface area (TPSA) is 84.1 Å². The van der Waals surface area contributed by atoms with Crippen LogP contribution in [0, 0.1) is 11.6 Å². The molecule has 28 heavy (non-hydrogen) atoms. The number of aromatic amines is 1. The Morgan fingerprint density at radius 1 is 1.14 bits per heavy atom. The molecule has 0 amide bonds. The third-order valence-corrected chi connectivity index (χ3v) is 5.00. The quantitative estimate of drug-likeness (QED) is 0.443. The highest BCUT2D eigenvalue weighted by Gasteiger charge is 2.21. The van der Waals surface area contributed by atoms with Gasteiger partial charge in [0.2, 0.25) is 0 Å². The molecule has 2 aromatic heterocycles. The van der Waals surface area contributed by atoms with Gasteiger partial charge in [-0.15, -0.1) is 0 Å². The van der Waals surface area contributed by atoms with Gasteiger partial charge in [-0.1, -0.05) is 17.7 Å². The van der Waals surface area contributed by atoms with Gasteiger partial charge in [0.05, 0.1) is 17.1 Å². The summed E-state index contributed by atoms with van der Waals surface area (Å²) in [6, 6.07) is 6.65. The van der Waals surface area contributed by atoms with E-state index in [2.05, 4.69) is 14.7 Å². The number of hydrogen-bond donors (Lipinski definition) is 2. The Labute approximate surface area is 161 Å². The zero-order valence-corrected chi connectivity index (χ0v) is 15.2. The van der Waals surface area contributed by atoms with E-state index in [1.807, 2.05) is 4.72 Å². The fraction of sp³-hybridized carbons (Fsp3) is 0.0625. The summed E-state index contributed by atoms with van der Waals surface area (Å²) in [7, 11) is -4.32. The van der Waals surface area contributed by atoms with Gasteiger partial charge in [-0.3, -0.25) is 4.72 Å². The number of nitrogens with one attached hydrogen (secondary N) is 2. The molecule has 0 saturated heterocycles. The molecule has 0 spiro atoms. The Morgan fingerprint density at radius 3 is 2.57 bits per heavy atom. The van der Waals surface area contributed by atoms with Gasteiger partial charge in [0.25, 0.3) is 10.0 Å². The smallest absolute Gasteiger partial charge is 0.387 e. The first-order valence-corrected chi connectivity index (χ1v) is 9.30. The van der Waals surface area contributed by atoms with E-state index in [0.29, 0.717) is 23.5 Å². The van der Waals surface area contributed by atoms with Crippen molar-refractivity contribution in [2.75, 3.05) is 4.72 Å². The van der Waals surface area contributed by atoms with Gasteiger partial charge in [-0.05, 0) is 18.2 Å². The highest BCUT2D eigenvalue weighted by molar-refractivity contribution is 7.92. The van der Waals surface area contributed by atoms with Crippen molar-refractivity contribution in [3.8, 4) is 17.1 Å². The third kappa shape index (κ3) is 4.37. The van der Waals surface area contributed by atoms with Crippen LogP contribution in [0.25, 0.3) is 11.4 Å². The highest BCUT2D eigenvalue weighted by atomic mass is 35.5. The average molecular weight is 436 g/mol. The van der Waals surface area contributed by atoms with Gasteiger partial charge in [-0.25, -0.2) is 22.2 Å². The van der Waals surface area contributed by atoms with E-state index >= 15 is 0 Å². The summed E-state index contributed by atoms with van der Waals surface area (Å²) in [4.78, 5) is 6.41. The van der Waals surface area contributed by atoms with Gasteiger partial charge in [0.1, 0.15) is 10.0 Å². The Hall–Kier alpha value is -2.79. The Kier molecular flexibility index (Phi) is 5.47. The summed E-state index contributed by atoms with van der Waals surface area (Å²) in [5.41, 5.74) is -0.0994. The molecule has 3 rings (SSSR count). The number of hydrogen-bond acceptors (Lipinski definition) is 4. The molecule has 2 heterocycles. The second-order valence-electron chi connectivity index (χ2n) is 5.34. The standard InChI is InChI=1S/C16H10ClF4N3O3S/c17-15-3-1-2-11(23-15)13-4-8(7-22-13)28(25,26)24-12-5-10(19)14(6-9(12)18)27-16(20)21/h1-7,16,22,24H. The molecule has 12 heteroatoms. The predicted molar refractivity (Wildman–Crippen MR) is 92.8 cm³/mol. The summed E-state index contributed by atoms with van der Waals surface area (Å²) in [5, 5.41) is 0.193. The van der Waals surface area contributed by atoms with Gasteiger partial charge in [-0.2, -0.15) is 8.78 Å². The fourth-order valence-corrected chi connectivity index (χ4v) is 3.45. The number of anilines is 1. The minimum atomic E-state index is -4.32. The van der Waals surface area contributed by atoms with Gasteiger partial charge in [0.15, 0.2) is 17.4 Å². The number of sulfonamides is 1. The zero-order valence-electron chi connectivity index (χ0n) is 13.6. The number of pyridine rings is 1. The van der Waals surface area contributed by atoms with Crippen molar-refractivity contribution in [1.29, 1.82) is 0 Å². The van der Waals surface area contributed by atoms with E-state index in [1.54, 1.807) is 12.1 Å². The lowest BCUT2D eigenvalue weighted by Crippen LogP contribution is -2.14. The van der Waals surface area contributed by atoms with E-state index < -0.39 is 39.7 Å². The van der Waals surface area contributed by atoms with Crippen LogP contribution in [0.1, 0.15) is 0 Å². The molecule has 0 aliphatic rings. The van der Waals surface area contributed by atoms with Crippen LogP contribution < -0.4 is 9.46 Å². The normalized spacial score (nSPS) is 11.6. The second kappa shape index (κ2) is 7.68. The zero-order chi connectivity index (χ0) is 20.5. The van der Waals surface area contributed by atoms with Crippen LogP contribution in [0.2, 0.25) is 5.15 Å². The van der Waals surface area contributed by atoms with E-state index in [1.165, 1.54) is 12.1 Å². The van der Waals surface area contributed by atoms with Crippen LogP contribution in [-0.4, -0.2) is 25.0 Å². The molecular formula is C16H10ClF4N3O3S. The fourth-order valence-electron chi connectivity index (χ4n) is 2.23. The molecule has 0 atom stereocenters. The van der Waals surface area contributed by atoms with E-state index in [9.17, 15) is 26.0 Å². The highest BCUT2D eigenvalue weighted by Crippen LogP contribution is 2.29. The lowest BCUT2D eigenvalue weighted by molar-refractivity contribution is -0.0523.